The number of rotatable bonds is 18. The van der Waals surface area contributed by atoms with E-state index in [1.807, 2.05) is 4.90 Å². The molecule has 0 aliphatic carbocycles. The van der Waals surface area contributed by atoms with Gasteiger partial charge in [0.05, 0.1) is 0 Å². The fourth-order valence-corrected chi connectivity index (χ4v) is 2.46. The van der Waals surface area contributed by atoms with E-state index >= 15 is 0 Å². The van der Waals surface area contributed by atoms with Gasteiger partial charge in [0, 0.05) is 58.2 Å². The van der Waals surface area contributed by atoms with Crippen LogP contribution in [0.5, 0.6) is 0 Å². The fourth-order valence-electron chi connectivity index (χ4n) is 2.46. The number of hydrogen-bond acceptors (Lipinski definition) is 7. The Balaban J connectivity index is 4.31. The van der Waals surface area contributed by atoms with E-state index in [0.29, 0.717) is 97.1 Å². The molecule has 0 aromatic carbocycles. The topological polar surface area (TPSA) is 133 Å². The van der Waals surface area contributed by atoms with E-state index in [-0.39, 0.29) is 17.3 Å². The summed E-state index contributed by atoms with van der Waals surface area (Å²) in [6.45, 7) is 3.29. The van der Waals surface area contributed by atoms with Crippen LogP contribution < -0.4 is 17.2 Å². The molecule has 0 aliphatic rings. The van der Waals surface area contributed by atoms with Crippen molar-refractivity contribution in [1.82, 2.24) is 4.90 Å². The van der Waals surface area contributed by atoms with Gasteiger partial charge < -0.3 is 22.1 Å². The van der Waals surface area contributed by atoms with Gasteiger partial charge in [0.2, 0.25) is 0 Å². The van der Waals surface area contributed by atoms with Crippen molar-refractivity contribution in [3.05, 3.63) is 0 Å². The molecule has 6 N–H and O–H groups in total. The van der Waals surface area contributed by atoms with Crippen molar-refractivity contribution in [3.63, 3.8) is 0 Å². The number of ketones is 3. The zero-order valence-electron chi connectivity index (χ0n) is 15.5. The van der Waals surface area contributed by atoms with Crippen LogP contribution in [-0.4, -0.2) is 61.5 Å². The summed E-state index contributed by atoms with van der Waals surface area (Å²) in [5.74, 6) is 0.540. The van der Waals surface area contributed by atoms with Crippen molar-refractivity contribution in [1.29, 1.82) is 0 Å². The van der Waals surface area contributed by atoms with Crippen molar-refractivity contribution < 1.29 is 14.4 Å². The molecular weight excluding hydrogens is 320 g/mol. The van der Waals surface area contributed by atoms with Crippen LogP contribution in [0.3, 0.4) is 0 Å². The molecule has 0 heterocycles. The molecule has 0 spiro atoms. The summed E-state index contributed by atoms with van der Waals surface area (Å²) in [5.41, 5.74) is 16.3. The van der Waals surface area contributed by atoms with Crippen LogP contribution in [0.2, 0.25) is 0 Å². The lowest BCUT2D eigenvalue weighted by Crippen LogP contribution is -2.31. The number of nitrogens with two attached hydrogens (primary N) is 3. The quantitative estimate of drug-likeness (QED) is 0.323. The van der Waals surface area contributed by atoms with Gasteiger partial charge in [-0.05, 0) is 38.9 Å². The third-order valence-corrected chi connectivity index (χ3v) is 4.10. The third-order valence-electron chi connectivity index (χ3n) is 4.10. The lowest BCUT2D eigenvalue weighted by molar-refractivity contribution is -0.119. The molecule has 0 aromatic heterocycles. The summed E-state index contributed by atoms with van der Waals surface area (Å²) in [6.07, 6.45) is 4.91. The molecule has 0 unspecified atom stereocenters. The Kier molecular flexibility index (Phi) is 15.6. The number of Topliss-reactive ketones (excluding diaryl/α,β-unsaturated/α-hetero) is 3. The van der Waals surface area contributed by atoms with Gasteiger partial charge in [0.1, 0.15) is 17.3 Å². The molecule has 25 heavy (non-hydrogen) atoms. The zero-order chi connectivity index (χ0) is 18.9. The first-order valence-corrected chi connectivity index (χ1v) is 9.41. The van der Waals surface area contributed by atoms with Crippen molar-refractivity contribution in [2.24, 2.45) is 17.2 Å². The standard InChI is InChI=1S/C18H36N4O3/c19-10-1-4-16(23)7-13-22(14-8-17(24)5-2-11-20)15-9-18(25)6-3-12-21/h1-15,19-21H2. The van der Waals surface area contributed by atoms with Crippen LogP contribution in [0.25, 0.3) is 0 Å². The average molecular weight is 357 g/mol. The molecule has 146 valence electrons. The van der Waals surface area contributed by atoms with Crippen LogP contribution in [-0.2, 0) is 14.4 Å². The number of hydrogen-bond donors (Lipinski definition) is 3. The summed E-state index contributed by atoms with van der Waals surface area (Å²) < 4.78 is 0. The van der Waals surface area contributed by atoms with E-state index in [1.165, 1.54) is 0 Å². The molecule has 0 rings (SSSR count). The minimum Gasteiger partial charge on any atom is -0.330 e. The van der Waals surface area contributed by atoms with Crippen LogP contribution in [0.15, 0.2) is 0 Å². The Morgan fingerprint density at radius 2 is 0.800 bits per heavy atom. The van der Waals surface area contributed by atoms with Gasteiger partial charge in [-0.25, -0.2) is 0 Å². The van der Waals surface area contributed by atoms with E-state index in [0.717, 1.165) is 0 Å². The van der Waals surface area contributed by atoms with E-state index in [4.69, 9.17) is 17.2 Å². The SMILES string of the molecule is NCCCC(=O)CCN(CCC(=O)CCCN)CCC(=O)CCCN. The molecule has 7 nitrogen and oxygen atoms in total. The Bertz CT molecular complexity index is 331. The normalized spacial score (nSPS) is 11.0. The van der Waals surface area contributed by atoms with Crippen molar-refractivity contribution in [2.75, 3.05) is 39.3 Å². The Morgan fingerprint density at radius 3 is 1.04 bits per heavy atom. The number of carbonyl (C=O) groups excluding carboxylic acids is 3. The highest BCUT2D eigenvalue weighted by atomic mass is 16.1. The molecule has 0 saturated heterocycles. The molecule has 0 aromatic rings. The summed E-state index contributed by atoms with van der Waals surface area (Å²) in [6, 6.07) is 0. The molecule has 0 aliphatic heterocycles. The lowest BCUT2D eigenvalue weighted by atomic mass is 10.1. The van der Waals surface area contributed by atoms with E-state index in [2.05, 4.69) is 0 Å². The predicted octanol–water partition coefficient (Wildman–Crippen LogP) is 0.383. The van der Waals surface area contributed by atoms with Crippen molar-refractivity contribution >= 4 is 17.3 Å². The molecule has 0 radical (unpaired) electrons. The lowest BCUT2D eigenvalue weighted by Gasteiger charge is -2.21. The third kappa shape index (κ3) is 14.9. The number of carbonyl (C=O) groups is 3. The Labute approximate surface area is 151 Å². The first kappa shape index (κ1) is 23.9. The van der Waals surface area contributed by atoms with Crippen molar-refractivity contribution in [3.8, 4) is 0 Å². The van der Waals surface area contributed by atoms with E-state index < -0.39 is 0 Å². The van der Waals surface area contributed by atoms with Crippen LogP contribution in [0.1, 0.15) is 57.8 Å². The highest BCUT2D eigenvalue weighted by molar-refractivity contribution is 5.79. The van der Waals surface area contributed by atoms with Crippen LogP contribution >= 0.6 is 0 Å². The highest BCUT2D eigenvalue weighted by Gasteiger charge is 2.12. The van der Waals surface area contributed by atoms with Gasteiger partial charge in [-0.1, -0.05) is 0 Å². The van der Waals surface area contributed by atoms with Gasteiger partial charge >= 0.3 is 0 Å². The molecule has 7 heteroatoms. The molecule has 0 atom stereocenters. The van der Waals surface area contributed by atoms with Crippen molar-refractivity contribution in [2.45, 2.75) is 57.8 Å². The van der Waals surface area contributed by atoms with E-state index in [9.17, 15) is 14.4 Å². The first-order chi connectivity index (χ1) is 12.0. The summed E-state index contributed by atoms with van der Waals surface area (Å²) >= 11 is 0. The maximum Gasteiger partial charge on any atom is 0.134 e. The summed E-state index contributed by atoms with van der Waals surface area (Å²) in [7, 11) is 0. The molecular formula is C18H36N4O3. The maximum atomic E-state index is 11.8. The summed E-state index contributed by atoms with van der Waals surface area (Å²) in [5, 5.41) is 0. The van der Waals surface area contributed by atoms with E-state index in [1.54, 1.807) is 0 Å². The smallest absolute Gasteiger partial charge is 0.134 e. The van der Waals surface area contributed by atoms with Crippen LogP contribution in [0.4, 0.5) is 0 Å². The van der Waals surface area contributed by atoms with Gasteiger partial charge in [0.25, 0.3) is 0 Å². The predicted molar refractivity (Wildman–Crippen MR) is 100 cm³/mol. The second-order valence-corrected chi connectivity index (χ2v) is 6.38. The monoisotopic (exact) mass is 356 g/mol. The van der Waals surface area contributed by atoms with Gasteiger partial charge in [-0.2, -0.15) is 0 Å². The molecule has 0 bridgehead atoms. The summed E-state index contributed by atoms with van der Waals surface area (Å²) in [4.78, 5) is 37.5. The minimum absolute atomic E-state index is 0.180. The maximum absolute atomic E-state index is 11.8. The molecule has 0 fully saturated rings. The highest BCUT2D eigenvalue weighted by Crippen LogP contribution is 2.04. The molecule has 0 amide bonds. The van der Waals surface area contributed by atoms with Crippen LogP contribution in [0, 0.1) is 0 Å². The number of nitrogens with zero attached hydrogens (tertiary/aromatic N) is 1. The Morgan fingerprint density at radius 1 is 0.520 bits per heavy atom. The van der Waals surface area contributed by atoms with Gasteiger partial charge in [-0.3, -0.25) is 14.4 Å². The minimum atomic E-state index is 0.180. The van der Waals surface area contributed by atoms with Gasteiger partial charge in [0.15, 0.2) is 0 Å². The second kappa shape index (κ2) is 16.3. The van der Waals surface area contributed by atoms with Gasteiger partial charge in [-0.15, -0.1) is 0 Å². The second-order valence-electron chi connectivity index (χ2n) is 6.38. The molecule has 0 saturated carbocycles. The Hall–Kier alpha value is -1.15. The zero-order valence-corrected chi connectivity index (χ0v) is 15.5. The largest absolute Gasteiger partial charge is 0.330 e. The average Bonchev–Trinajstić information content (AvgIpc) is 2.61. The first-order valence-electron chi connectivity index (χ1n) is 9.41. The fraction of sp³-hybridized carbons (Fsp3) is 0.833.